The lowest BCUT2D eigenvalue weighted by molar-refractivity contribution is 1.26. The zero-order valence-corrected chi connectivity index (χ0v) is 9.71. The third-order valence-corrected chi connectivity index (χ3v) is 3.36. The van der Waals surface area contributed by atoms with Crippen LogP contribution in [0.2, 0.25) is 0 Å². The fourth-order valence-corrected chi connectivity index (χ4v) is 2.61. The Labute approximate surface area is 97.1 Å². The second-order valence-corrected chi connectivity index (χ2v) is 4.81. The number of hydrogen-bond donors (Lipinski definition) is 1. The van der Waals surface area contributed by atoms with Crippen molar-refractivity contribution in [2.45, 2.75) is 6.42 Å². The fourth-order valence-electron chi connectivity index (χ4n) is 2.20. The minimum absolute atomic E-state index is 0.848. The first-order valence-electron chi connectivity index (χ1n) is 4.91. The number of nitrogen functional groups attached to an aromatic ring is 1. The molecule has 0 saturated heterocycles. The number of benzene rings is 2. The van der Waals surface area contributed by atoms with Gasteiger partial charge in [0, 0.05) is 10.2 Å². The van der Waals surface area contributed by atoms with Crippen molar-refractivity contribution in [2.24, 2.45) is 0 Å². The van der Waals surface area contributed by atoms with Crippen LogP contribution in [0.4, 0.5) is 5.69 Å². The average Bonchev–Trinajstić information content (AvgIpc) is 2.53. The first-order chi connectivity index (χ1) is 7.24. The topological polar surface area (TPSA) is 26.0 Å². The highest BCUT2D eigenvalue weighted by Gasteiger charge is 2.17. The van der Waals surface area contributed by atoms with Crippen LogP contribution in [0.25, 0.3) is 11.1 Å². The van der Waals surface area contributed by atoms with E-state index in [1.165, 1.54) is 22.3 Å². The molecule has 0 amide bonds. The molecule has 1 aliphatic rings. The van der Waals surface area contributed by atoms with E-state index in [1.54, 1.807) is 0 Å². The van der Waals surface area contributed by atoms with E-state index in [4.69, 9.17) is 5.73 Å². The monoisotopic (exact) mass is 259 g/mol. The number of rotatable bonds is 0. The number of fused-ring (bicyclic) bond motifs is 3. The van der Waals surface area contributed by atoms with Gasteiger partial charge in [0.05, 0.1) is 0 Å². The summed E-state index contributed by atoms with van der Waals surface area (Å²) in [5.41, 5.74) is 12.0. The van der Waals surface area contributed by atoms with Crippen LogP contribution in [-0.2, 0) is 6.42 Å². The molecular formula is C13H10BrN. The molecule has 2 aromatic carbocycles. The van der Waals surface area contributed by atoms with Crippen LogP contribution in [-0.4, -0.2) is 0 Å². The molecule has 0 aliphatic heterocycles. The molecule has 0 radical (unpaired) electrons. The summed E-state index contributed by atoms with van der Waals surface area (Å²) in [5, 5.41) is 0. The Kier molecular flexibility index (Phi) is 1.86. The normalized spacial score (nSPS) is 12.3. The van der Waals surface area contributed by atoms with Crippen molar-refractivity contribution in [3.05, 3.63) is 52.0 Å². The van der Waals surface area contributed by atoms with E-state index < -0.39 is 0 Å². The van der Waals surface area contributed by atoms with Crippen molar-refractivity contribution in [1.29, 1.82) is 0 Å². The predicted molar refractivity (Wildman–Crippen MR) is 66.8 cm³/mol. The van der Waals surface area contributed by atoms with E-state index in [0.29, 0.717) is 0 Å². The average molecular weight is 260 g/mol. The van der Waals surface area contributed by atoms with Gasteiger partial charge in [-0.1, -0.05) is 28.1 Å². The second-order valence-electron chi connectivity index (χ2n) is 3.89. The van der Waals surface area contributed by atoms with Crippen LogP contribution < -0.4 is 5.73 Å². The molecule has 15 heavy (non-hydrogen) atoms. The lowest BCUT2D eigenvalue weighted by atomic mass is 10.1. The van der Waals surface area contributed by atoms with Gasteiger partial charge in [-0.05, 0) is 52.9 Å². The van der Waals surface area contributed by atoms with Gasteiger partial charge < -0.3 is 5.73 Å². The predicted octanol–water partition coefficient (Wildman–Crippen LogP) is 3.60. The molecule has 0 unspecified atom stereocenters. The Morgan fingerprint density at radius 3 is 2.40 bits per heavy atom. The van der Waals surface area contributed by atoms with E-state index >= 15 is 0 Å². The maximum absolute atomic E-state index is 5.79. The molecule has 0 saturated carbocycles. The molecular weight excluding hydrogens is 250 g/mol. The van der Waals surface area contributed by atoms with Crippen LogP contribution >= 0.6 is 15.9 Å². The lowest BCUT2D eigenvalue weighted by Gasteiger charge is -2.01. The highest BCUT2D eigenvalue weighted by Crippen LogP contribution is 2.38. The van der Waals surface area contributed by atoms with E-state index in [2.05, 4.69) is 46.3 Å². The molecule has 74 valence electrons. The van der Waals surface area contributed by atoms with Crippen LogP contribution in [0, 0.1) is 0 Å². The van der Waals surface area contributed by atoms with Gasteiger partial charge in [-0.2, -0.15) is 0 Å². The number of halogens is 1. The summed E-state index contributed by atoms with van der Waals surface area (Å²) in [7, 11) is 0. The highest BCUT2D eigenvalue weighted by molar-refractivity contribution is 9.10. The molecule has 0 fully saturated rings. The SMILES string of the molecule is Nc1ccc2c(c1)Cc1cc(Br)ccc1-2. The first kappa shape index (κ1) is 8.98. The smallest absolute Gasteiger partial charge is 0.0317 e. The zero-order valence-electron chi connectivity index (χ0n) is 8.13. The maximum Gasteiger partial charge on any atom is 0.0317 e. The van der Waals surface area contributed by atoms with E-state index in [-0.39, 0.29) is 0 Å². The molecule has 0 aromatic heterocycles. The molecule has 0 bridgehead atoms. The molecule has 2 aromatic rings. The van der Waals surface area contributed by atoms with Crippen molar-refractivity contribution in [3.63, 3.8) is 0 Å². The Morgan fingerprint density at radius 1 is 0.933 bits per heavy atom. The van der Waals surface area contributed by atoms with Crippen molar-refractivity contribution in [2.75, 3.05) is 5.73 Å². The molecule has 0 heterocycles. The van der Waals surface area contributed by atoms with Crippen LogP contribution in [0.5, 0.6) is 0 Å². The zero-order chi connectivity index (χ0) is 10.4. The number of nitrogens with two attached hydrogens (primary N) is 1. The van der Waals surface area contributed by atoms with E-state index in [1.807, 2.05) is 6.07 Å². The van der Waals surface area contributed by atoms with Crippen LogP contribution in [0.1, 0.15) is 11.1 Å². The first-order valence-corrected chi connectivity index (χ1v) is 5.70. The molecule has 3 rings (SSSR count). The van der Waals surface area contributed by atoms with Crippen molar-refractivity contribution < 1.29 is 0 Å². The van der Waals surface area contributed by atoms with Gasteiger partial charge in [-0.15, -0.1) is 0 Å². The molecule has 1 aliphatic carbocycles. The fraction of sp³-hybridized carbons (Fsp3) is 0.0769. The van der Waals surface area contributed by atoms with Gasteiger partial charge in [0.2, 0.25) is 0 Å². The van der Waals surface area contributed by atoms with Gasteiger partial charge in [0.15, 0.2) is 0 Å². The Bertz CT molecular complexity index is 497. The van der Waals surface area contributed by atoms with Crippen LogP contribution in [0.3, 0.4) is 0 Å². The highest BCUT2D eigenvalue weighted by atomic mass is 79.9. The Balaban J connectivity index is 2.24. The summed E-state index contributed by atoms with van der Waals surface area (Å²) in [5.74, 6) is 0. The molecule has 0 atom stereocenters. The standard InChI is InChI=1S/C13H10BrN/c14-10-1-3-12-8(6-10)5-9-7-11(15)2-4-13(9)12/h1-4,6-7H,5,15H2. The number of anilines is 1. The minimum atomic E-state index is 0.848. The van der Waals surface area contributed by atoms with Crippen molar-refractivity contribution in [1.82, 2.24) is 0 Å². The molecule has 2 heteroatoms. The summed E-state index contributed by atoms with van der Waals surface area (Å²) < 4.78 is 1.14. The lowest BCUT2D eigenvalue weighted by Crippen LogP contribution is -1.86. The van der Waals surface area contributed by atoms with Crippen molar-refractivity contribution >= 4 is 21.6 Å². The quantitative estimate of drug-likeness (QED) is 0.614. The molecule has 2 N–H and O–H groups in total. The summed E-state index contributed by atoms with van der Waals surface area (Å²) in [6.45, 7) is 0. The summed E-state index contributed by atoms with van der Waals surface area (Å²) >= 11 is 3.50. The number of hydrogen-bond acceptors (Lipinski definition) is 1. The minimum Gasteiger partial charge on any atom is -0.399 e. The van der Waals surface area contributed by atoms with Gasteiger partial charge in [-0.3, -0.25) is 0 Å². The Hall–Kier alpha value is -1.28. The second kappa shape index (κ2) is 3.11. The molecule has 0 spiro atoms. The molecule has 1 nitrogen and oxygen atoms in total. The third-order valence-electron chi connectivity index (χ3n) is 2.87. The largest absolute Gasteiger partial charge is 0.399 e. The maximum atomic E-state index is 5.79. The summed E-state index contributed by atoms with van der Waals surface area (Å²) in [6, 6.07) is 12.6. The van der Waals surface area contributed by atoms with Gasteiger partial charge in [0.25, 0.3) is 0 Å². The summed E-state index contributed by atoms with van der Waals surface area (Å²) in [6.07, 6.45) is 0.995. The summed E-state index contributed by atoms with van der Waals surface area (Å²) in [4.78, 5) is 0. The van der Waals surface area contributed by atoms with E-state index in [0.717, 1.165) is 16.6 Å². The third kappa shape index (κ3) is 1.37. The van der Waals surface area contributed by atoms with Gasteiger partial charge in [-0.25, -0.2) is 0 Å². The van der Waals surface area contributed by atoms with E-state index in [9.17, 15) is 0 Å². The van der Waals surface area contributed by atoms with Gasteiger partial charge in [0.1, 0.15) is 0 Å². The van der Waals surface area contributed by atoms with Gasteiger partial charge >= 0.3 is 0 Å². The van der Waals surface area contributed by atoms with Crippen LogP contribution in [0.15, 0.2) is 40.9 Å². The van der Waals surface area contributed by atoms with Crippen molar-refractivity contribution in [3.8, 4) is 11.1 Å². The Morgan fingerprint density at radius 2 is 1.60 bits per heavy atom.